The fourth-order valence-corrected chi connectivity index (χ4v) is 0.636. The third-order valence-corrected chi connectivity index (χ3v) is 1.17. The molecule has 0 spiro atoms. The fourth-order valence-electron chi connectivity index (χ4n) is 0.636. The summed E-state index contributed by atoms with van der Waals surface area (Å²) in [7, 11) is 3.15. The first kappa shape index (κ1) is 6.80. The van der Waals surface area contributed by atoms with E-state index in [-0.39, 0.29) is 0 Å². The van der Waals surface area contributed by atoms with Crippen LogP contribution in [0.3, 0.4) is 0 Å². The van der Waals surface area contributed by atoms with Gasteiger partial charge in [0.2, 0.25) is 5.88 Å². The van der Waals surface area contributed by atoms with Gasteiger partial charge in [0.25, 0.3) is 6.29 Å². The number of aromatic nitrogens is 2. The molecule has 4 heteroatoms. The largest absolute Gasteiger partial charge is 0.480 e. The van der Waals surface area contributed by atoms with Gasteiger partial charge < -0.3 is 4.74 Å². The number of hydrogen-bond donors (Lipinski definition) is 0. The molecule has 0 N–H and O–H groups in total. The molecule has 0 aliphatic carbocycles. The Bertz CT molecular complexity index is 242. The van der Waals surface area contributed by atoms with Gasteiger partial charge in [0.15, 0.2) is 0 Å². The van der Waals surface area contributed by atoms with Crippen molar-refractivity contribution < 1.29 is 9.53 Å². The molecule has 0 amide bonds. The first-order valence-corrected chi connectivity index (χ1v) is 2.74. The zero-order valence-electron chi connectivity index (χ0n) is 5.79. The molecule has 1 radical (unpaired) electrons. The van der Waals surface area contributed by atoms with Crippen molar-refractivity contribution in [1.82, 2.24) is 9.78 Å². The summed E-state index contributed by atoms with van der Waals surface area (Å²) in [5, 5.41) is 3.83. The van der Waals surface area contributed by atoms with E-state index in [2.05, 4.69) is 5.10 Å². The van der Waals surface area contributed by atoms with Crippen LogP contribution in [0.15, 0.2) is 6.07 Å². The Kier molecular flexibility index (Phi) is 1.71. The number of methoxy groups -OCH3 is 1. The second kappa shape index (κ2) is 2.51. The Balaban J connectivity index is 3.03. The maximum atomic E-state index is 10.1. The molecule has 53 valence electrons. The number of carbonyl (C=O) groups excluding carboxylic acids is 1. The normalized spacial score (nSPS) is 9.40. The lowest BCUT2D eigenvalue weighted by atomic mass is 10.5. The highest BCUT2D eigenvalue weighted by Gasteiger charge is 2.02. The van der Waals surface area contributed by atoms with Crippen molar-refractivity contribution >= 4 is 6.29 Å². The van der Waals surface area contributed by atoms with Crippen LogP contribution in [-0.2, 0) is 11.8 Å². The van der Waals surface area contributed by atoms with Gasteiger partial charge in [-0.3, -0.25) is 9.48 Å². The molecule has 1 aromatic heterocycles. The van der Waals surface area contributed by atoms with Gasteiger partial charge in [-0.1, -0.05) is 0 Å². The predicted molar refractivity (Wildman–Crippen MR) is 34.6 cm³/mol. The zero-order valence-corrected chi connectivity index (χ0v) is 5.79. The highest BCUT2D eigenvalue weighted by atomic mass is 16.5. The highest BCUT2D eigenvalue weighted by molar-refractivity contribution is 5.73. The molecule has 0 fully saturated rings. The van der Waals surface area contributed by atoms with Gasteiger partial charge in [-0.05, 0) is 0 Å². The minimum absolute atomic E-state index is 0.386. The first-order chi connectivity index (χ1) is 4.77. The average Bonchev–Trinajstić information content (AvgIpc) is 2.30. The van der Waals surface area contributed by atoms with Crippen molar-refractivity contribution in [1.29, 1.82) is 0 Å². The summed E-state index contributed by atoms with van der Waals surface area (Å²) in [6.45, 7) is 0. The van der Waals surface area contributed by atoms with Crippen molar-refractivity contribution in [3.8, 4) is 5.88 Å². The molecule has 10 heavy (non-hydrogen) atoms. The van der Waals surface area contributed by atoms with Crippen LogP contribution >= 0.6 is 0 Å². The van der Waals surface area contributed by atoms with Gasteiger partial charge in [0.05, 0.1) is 7.11 Å². The minimum Gasteiger partial charge on any atom is -0.480 e. The SMILES string of the molecule is COc1cc([C]=O)n(C)n1. The molecular formula is C6H7N2O2. The van der Waals surface area contributed by atoms with E-state index >= 15 is 0 Å². The summed E-state index contributed by atoms with van der Waals surface area (Å²) in [5.74, 6) is 0.431. The van der Waals surface area contributed by atoms with E-state index in [9.17, 15) is 4.79 Å². The monoisotopic (exact) mass is 139 g/mol. The lowest BCUT2D eigenvalue weighted by molar-refractivity contribution is 0.392. The summed E-state index contributed by atoms with van der Waals surface area (Å²) in [5.41, 5.74) is 0.386. The second-order valence-electron chi connectivity index (χ2n) is 1.80. The Morgan fingerprint density at radius 2 is 2.50 bits per heavy atom. The van der Waals surface area contributed by atoms with E-state index in [1.165, 1.54) is 17.9 Å². The Labute approximate surface area is 58.4 Å². The zero-order chi connectivity index (χ0) is 7.56. The topological polar surface area (TPSA) is 44.1 Å². The van der Waals surface area contributed by atoms with Crippen LogP contribution in [0.25, 0.3) is 0 Å². The lowest BCUT2D eigenvalue weighted by Gasteiger charge is -1.88. The number of nitrogens with zero attached hydrogens (tertiary/aromatic N) is 2. The molecule has 0 saturated heterocycles. The van der Waals surface area contributed by atoms with E-state index in [0.29, 0.717) is 11.6 Å². The van der Waals surface area contributed by atoms with Gasteiger partial charge in [0.1, 0.15) is 5.69 Å². The molecule has 0 saturated carbocycles. The van der Waals surface area contributed by atoms with E-state index < -0.39 is 0 Å². The number of hydrogen-bond acceptors (Lipinski definition) is 3. The number of rotatable bonds is 2. The van der Waals surface area contributed by atoms with Crippen molar-refractivity contribution in [2.75, 3.05) is 7.11 Å². The number of ether oxygens (including phenoxy) is 1. The molecule has 4 nitrogen and oxygen atoms in total. The molecule has 0 bridgehead atoms. The third kappa shape index (κ3) is 1.00. The summed E-state index contributed by atoms with van der Waals surface area (Å²) in [4.78, 5) is 10.1. The molecule has 0 aliphatic rings. The summed E-state index contributed by atoms with van der Waals surface area (Å²) < 4.78 is 6.18. The molecular weight excluding hydrogens is 132 g/mol. The quantitative estimate of drug-likeness (QED) is 0.574. The van der Waals surface area contributed by atoms with Gasteiger partial charge in [-0.15, -0.1) is 5.10 Å². The molecule has 0 unspecified atom stereocenters. The van der Waals surface area contributed by atoms with Crippen LogP contribution in [0, 0.1) is 0 Å². The Morgan fingerprint density at radius 1 is 1.80 bits per heavy atom. The average molecular weight is 139 g/mol. The predicted octanol–water partition coefficient (Wildman–Crippen LogP) is -0.113. The fraction of sp³-hybridized carbons (Fsp3) is 0.333. The summed E-state index contributed by atoms with van der Waals surface area (Å²) >= 11 is 0. The first-order valence-electron chi connectivity index (χ1n) is 2.74. The van der Waals surface area contributed by atoms with Crippen LogP contribution in [-0.4, -0.2) is 23.2 Å². The number of aryl methyl sites for hydroxylation is 1. The van der Waals surface area contributed by atoms with Crippen LogP contribution < -0.4 is 4.74 Å². The van der Waals surface area contributed by atoms with Gasteiger partial charge in [-0.25, -0.2) is 0 Å². The van der Waals surface area contributed by atoms with Gasteiger partial charge >= 0.3 is 0 Å². The van der Waals surface area contributed by atoms with Crippen molar-refractivity contribution in [2.45, 2.75) is 0 Å². The summed E-state index contributed by atoms with van der Waals surface area (Å²) in [6.07, 6.45) is 1.72. The third-order valence-electron chi connectivity index (χ3n) is 1.17. The highest BCUT2D eigenvalue weighted by Crippen LogP contribution is 2.06. The smallest absolute Gasteiger partial charge is 0.253 e. The van der Waals surface area contributed by atoms with Crippen LogP contribution in [0.4, 0.5) is 0 Å². The Morgan fingerprint density at radius 3 is 2.80 bits per heavy atom. The maximum Gasteiger partial charge on any atom is 0.253 e. The van der Waals surface area contributed by atoms with Crippen molar-refractivity contribution in [3.05, 3.63) is 11.8 Å². The molecule has 0 aliphatic heterocycles. The van der Waals surface area contributed by atoms with Gasteiger partial charge in [0, 0.05) is 13.1 Å². The molecule has 1 aromatic rings. The van der Waals surface area contributed by atoms with Crippen LogP contribution in [0.2, 0.25) is 0 Å². The molecule has 0 aromatic carbocycles. The molecule has 1 heterocycles. The van der Waals surface area contributed by atoms with Crippen LogP contribution in [0.5, 0.6) is 5.88 Å². The van der Waals surface area contributed by atoms with E-state index in [1.807, 2.05) is 0 Å². The van der Waals surface area contributed by atoms with E-state index in [1.54, 1.807) is 13.3 Å². The second-order valence-corrected chi connectivity index (χ2v) is 1.80. The summed E-state index contributed by atoms with van der Waals surface area (Å²) in [6, 6.07) is 1.52. The van der Waals surface area contributed by atoms with Crippen molar-refractivity contribution in [3.63, 3.8) is 0 Å². The van der Waals surface area contributed by atoms with E-state index in [4.69, 9.17) is 4.74 Å². The Hall–Kier alpha value is -1.32. The van der Waals surface area contributed by atoms with Crippen LogP contribution in [0.1, 0.15) is 5.69 Å². The van der Waals surface area contributed by atoms with Crippen molar-refractivity contribution in [2.24, 2.45) is 7.05 Å². The molecule has 1 rings (SSSR count). The van der Waals surface area contributed by atoms with E-state index in [0.717, 1.165) is 0 Å². The lowest BCUT2D eigenvalue weighted by Crippen LogP contribution is -1.95. The molecule has 0 atom stereocenters. The minimum atomic E-state index is 0.386. The standard InChI is InChI=1S/C6H7N2O2/c1-8-5(4-9)3-6(7-8)10-2/h3H,1-2H3. The van der Waals surface area contributed by atoms with Gasteiger partial charge in [-0.2, -0.15) is 0 Å². The maximum absolute atomic E-state index is 10.1.